The van der Waals surface area contributed by atoms with Crippen LogP contribution in [-0.4, -0.2) is 34.4 Å². The van der Waals surface area contributed by atoms with Gasteiger partial charge in [0, 0.05) is 12.6 Å². The summed E-state index contributed by atoms with van der Waals surface area (Å²) in [5.41, 5.74) is 14.4. The Morgan fingerprint density at radius 2 is 1.88 bits per heavy atom. The van der Waals surface area contributed by atoms with Crippen LogP contribution >= 0.6 is 0 Å². The van der Waals surface area contributed by atoms with E-state index in [0.29, 0.717) is 18.5 Å². The summed E-state index contributed by atoms with van der Waals surface area (Å²) in [4.78, 5) is 26.1. The summed E-state index contributed by atoms with van der Waals surface area (Å²) >= 11 is 0. The molecule has 0 atom stereocenters. The van der Waals surface area contributed by atoms with E-state index in [1.807, 2.05) is 28.0 Å². The smallest absolute Gasteiger partial charge is 0.256 e. The molecule has 1 amide bonds. The van der Waals surface area contributed by atoms with Crippen LogP contribution in [-0.2, 0) is 6.54 Å². The molecule has 1 aromatic rings. The first-order valence-electron chi connectivity index (χ1n) is 9.52. The lowest BCUT2D eigenvalue weighted by atomic mass is 9.86. The van der Waals surface area contributed by atoms with E-state index < -0.39 is 5.66 Å². The number of carbonyl (C=O) groups is 1. The molecule has 0 unspecified atom stereocenters. The first kappa shape index (κ1) is 15.7. The van der Waals surface area contributed by atoms with Gasteiger partial charge in [0.25, 0.3) is 5.91 Å². The van der Waals surface area contributed by atoms with Crippen LogP contribution in [0, 0.1) is 0 Å². The number of benzene rings is 1. The second kappa shape index (κ2) is 5.46. The predicted octanol–water partition coefficient (Wildman–Crippen LogP) is 1.91. The Morgan fingerprint density at radius 3 is 2.62 bits per heavy atom. The molecule has 0 radical (unpaired) electrons. The van der Waals surface area contributed by atoms with Crippen LogP contribution < -0.4 is 16.4 Å². The zero-order valence-corrected chi connectivity index (χ0v) is 14.8. The van der Waals surface area contributed by atoms with Gasteiger partial charge in [-0.05, 0) is 50.2 Å². The lowest BCUT2D eigenvalue weighted by molar-refractivity contribution is 0.0767. The number of nitrogens with two attached hydrogens (primary N) is 2. The molecule has 2 heterocycles. The fourth-order valence-electron chi connectivity index (χ4n) is 4.70. The predicted molar refractivity (Wildman–Crippen MR) is 101 cm³/mol. The topological polar surface area (TPSA) is 100 Å². The van der Waals surface area contributed by atoms with Crippen molar-refractivity contribution < 1.29 is 4.79 Å². The van der Waals surface area contributed by atoms with Gasteiger partial charge in [-0.2, -0.15) is 4.99 Å². The minimum absolute atomic E-state index is 0.111. The highest BCUT2D eigenvalue weighted by molar-refractivity contribution is 6.11. The summed E-state index contributed by atoms with van der Waals surface area (Å²) < 4.78 is 0. The van der Waals surface area contributed by atoms with E-state index in [2.05, 4.69) is 4.99 Å². The average molecular weight is 352 g/mol. The van der Waals surface area contributed by atoms with Crippen LogP contribution in [0.15, 0.2) is 28.2 Å². The van der Waals surface area contributed by atoms with Crippen molar-refractivity contribution in [2.75, 3.05) is 4.90 Å². The molecule has 136 valence electrons. The highest BCUT2D eigenvalue weighted by Crippen LogP contribution is 2.44. The molecule has 2 saturated carbocycles. The van der Waals surface area contributed by atoms with Crippen molar-refractivity contribution in [3.8, 4) is 0 Å². The lowest BCUT2D eigenvalue weighted by Crippen LogP contribution is -2.58. The van der Waals surface area contributed by atoms with Crippen molar-refractivity contribution in [2.24, 2.45) is 21.5 Å². The fourth-order valence-corrected chi connectivity index (χ4v) is 4.70. The van der Waals surface area contributed by atoms with Crippen LogP contribution in [0.1, 0.15) is 60.9 Å². The van der Waals surface area contributed by atoms with Gasteiger partial charge in [0.2, 0.25) is 11.9 Å². The standard InChI is InChI=1S/C19H24N6O/c20-17-22-18(21)25(19(23-17)9-2-1-3-10-19)14-6-4-5-12-11-24(13-7-8-13)16(26)15(12)14/h4-6,13H,1-3,7-11H2,(H4,20,21,22,23). The number of rotatable bonds is 2. The van der Waals surface area contributed by atoms with Crippen molar-refractivity contribution in [3.63, 3.8) is 0 Å². The van der Waals surface area contributed by atoms with Gasteiger partial charge < -0.3 is 16.4 Å². The molecular weight excluding hydrogens is 328 g/mol. The molecule has 1 aromatic carbocycles. The van der Waals surface area contributed by atoms with E-state index in [0.717, 1.165) is 55.3 Å². The zero-order chi connectivity index (χ0) is 17.9. The number of anilines is 1. The average Bonchev–Trinajstić information content (AvgIpc) is 3.39. The number of amides is 1. The zero-order valence-electron chi connectivity index (χ0n) is 14.8. The maximum atomic E-state index is 13.1. The Hall–Kier alpha value is -2.57. The van der Waals surface area contributed by atoms with Crippen LogP contribution in [0.3, 0.4) is 0 Å². The molecule has 2 fully saturated rings. The molecular formula is C19H24N6O. The third-order valence-corrected chi connectivity index (χ3v) is 6.02. The molecule has 4 aliphatic rings. The summed E-state index contributed by atoms with van der Waals surface area (Å²) in [7, 11) is 0. The van der Waals surface area contributed by atoms with E-state index in [1.165, 1.54) is 6.42 Å². The van der Waals surface area contributed by atoms with Crippen molar-refractivity contribution in [1.82, 2.24) is 4.90 Å². The van der Waals surface area contributed by atoms with Crippen molar-refractivity contribution in [2.45, 2.75) is 63.2 Å². The molecule has 4 N–H and O–H groups in total. The third-order valence-electron chi connectivity index (χ3n) is 6.02. The Bertz CT molecular complexity index is 834. The minimum atomic E-state index is -0.517. The molecule has 2 aliphatic heterocycles. The number of hydrogen-bond acceptors (Lipinski definition) is 6. The molecule has 0 saturated heterocycles. The monoisotopic (exact) mass is 352 g/mol. The maximum absolute atomic E-state index is 13.1. The van der Waals surface area contributed by atoms with Crippen LogP contribution in [0.25, 0.3) is 0 Å². The lowest BCUT2D eigenvalue weighted by Gasteiger charge is -2.46. The summed E-state index contributed by atoms with van der Waals surface area (Å²) in [6, 6.07) is 6.42. The number of carbonyl (C=O) groups excluding carboxylic acids is 1. The van der Waals surface area contributed by atoms with Crippen molar-refractivity contribution >= 4 is 23.5 Å². The van der Waals surface area contributed by atoms with E-state index in [4.69, 9.17) is 16.5 Å². The normalized spacial score (nSPS) is 24.5. The van der Waals surface area contributed by atoms with Gasteiger partial charge in [0.05, 0.1) is 11.3 Å². The van der Waals surface area contributed by atoms with Crippen LogP contribution in [0.4, 0.5) is 5.69 Å². The van der Waals surface area contributed by atoms with Gasteiger partial charge in [-0.15, -0.1) is 0 Å². The van der Waals surface area contributed by atoms with Gasteiger partial charge in [-0.25, -0.2) is 4.99 Å². The fraction of sp³-hybridized carbons (Fsp3) is 0.526. The maximum Gasteiger partial charge on any atom is 0.256 e. The van der Waals surface area contributed by atoms with Gasteiger partial charge in [-0.3, -0.25) is 9.69 Å². The number of guanidine groups is 2. The second-order valence-electron chi connectivity index (χ2n) is 7.79. The Morgan fingerprint density at radius 1 is 1.12 bits per heavy atom. The number of fused-ring (bicyclic) bond motifs is 1. The molecule has 5 rings (SSSR count). The molecule has 26 heavy (non-hydrogen) atoms. The summed E-state index contributed by atoms with van der Waals surface area (Å²) in [6.45, 7) is 0.690. The first-order valence-corrected chi connectivity index (χ1v) is 9.52. The van der Waals surface area contributed by atoms with Gasteiger partial charge in [0.1, 0.15) is 5.66 Å². The number of nitrogens with zero attached hydrogens (tertiary/aromatic N) is 4. The van der Waals surface area contributed by atoms with Gasteiger partial charge >= 0.3 is 0 Å². The Labute approximate surface area is 152 Å². The second-order valence-corrected chi connectivity index (χ2v) is 7.79. The highest BCUT2D eigenvalue weighted by atomic mass is 16.2. The molecule has 0 aromatic heterocycles. The summed E-state index contributed by atoms with van der Waals surface area (Å²) in [6.07, 6.45) is 7.27. The van der Waals surface area contributed by atoms with E-state index in [9.17, 15) is 4.79 Å². The summed E-state index contributed by atoms with van der Waals surface area (Å²) in [5, 5.41) is 0. The minimum Gasteiger partial charge on any atom is -0.369 e. The SMILES string of the molecule is NC1=NC2(CCCCC2)N(c2cccc3c2C(=O)N(C2CC2)C3)C(N)=N1. The van der Waals surface area contributed by atoms with Crippen LogP contribution in [0.2, 0.25) is 0 Å². The van der Waals surface area contributed by atoms with E-state index in [1.54, 1.807) is 0 Å². The Kier molecular flexibility index (Phi) is 3.29. The van der Waals surface area contributed by atoms with Gasteiger partial charge in [0.15, 0.2) is 0 Å². The summed E-state index contributed by atoms with van der Waals surface area (Å²) in [5.74, 6) is 0.684. The van der Waals surface area contributed by atoms with Crippen molar-refractivity contribution in [3.05, 3.63) is 29.3 Å². The van der Waals surface area contributed by atoms with Gasteiger partial charge in [-0.1, -0.05) is 18.6 Å². The largest absolute Gasteiger partial charge is 0.369 e. The molecule has 2 aliphatic carbocycles. The third kappa shape index (κ3) is 2.22. The first-order chi connectivity index (χ1) is 12.6. The number of hydrogen-bond donors (Lipinski definition) is 2. The van der Waals surface area contributed by atoms with Crippen LogP contribution in [0.5, 0.6) is 0 Å². The van der Waals surface area contributed by atoms with E-state index in [-0.39, 0.29) is 11.9 Å². The quantitative estimate of drug-likeness (QED) is 0.849. The highest BCUT2D eigenvalue weighted by Gasteiger charge is 2.46. The molecule has 7 nitrogen and oxygen atoms in total. The number of aliphatic imine (C=N–C) groups is 2. The van der Waals surface area contributed by atoms with E-state index >= 15 is 0 Å². The Balaban J connectivity index is 1.63. The van der Waals surface area contributed by atoms with Crippen molar-refractivity contribution in [1.29, 1.82) is 0 Å². The molecule has 7 heteroatoms. The molecule has 0 bridgehead atoms. The molecule has 1 spiro atoms.